The van der Waals surface area contributed by atoms with Crippen molar-refractivity contribution in [3.63, 3.8) is 0 Å². The van der Waals surface area contributed by atoms with Gasteiger partial charge in [-0.05, 0) is 65.6 Å². The van der Waals surface area contributed by atoms with E-state index in [1.54, 1.807) is 54.3 Å². The third-order valence-corrected chi connectivity index (χ3v) is 9.10. The molecule has 6 rings (SSSR count). The Kier molecular flexibility index (Phi) is 9.00. The summed E-state index contributed by atoms with van der Waals surface area (Å²) in [6.45, 7) is 0.724. The summed E-state index contributed by atoms with van der Waals surface area (Å²) in [5.74, 6) is -0.345. The van der Waals surface area contributed by atoms with Gasteiger partial charge in [-0.25, -0.2) is 24.1 Å². The van der Waals surface area contributed by atoms with Crippen molar-refractivity contribution in [1.29, 1.82) is 0 Å². The first-order valence-electron chi connectivity index (χ1n) is 13.8. The van der Waals surface area contributed by atoms with E-state index in [0.29, 0.717) is 46.5 Å². The van der Waals surface area contributed by atoms with Gasteiger partial charge < -0.3 is 19.9 Å². The van der Waals surface area contributed by atoms with Crippen molar-refractivity contribution in [2.45, 2.75) is 23.0 Å². The van der Waals surface area contributed by atoms with E-state index >= 15 is 4.39 Å². The SMILES string of the molecule is O=C(C[C@@]1(I)NCCc2cc(OCc3ncccn3)c(Oc3ccc(-c4ccc(C(=O)O)cc4)c(F)c3)cc21)Nc1nccs1. The monoisotopic (exact) mass is 737 g/mol. The predicted octanol–water partition coefficient (Wildman–Crippen LogP) is 6.57. The number of benzene rings is 3. The Morgan fingerprint density at radius 3 is 2.56 bits per heavy atom. The minimum atomic E-state index is -1.06. The molecule has 3 N–H and O–H groups in total. The molecule has 10 nitrogen and oxygen atoms in total. The zero-order valence-electron chi connectivity index (χ0n) is 23.5. The van der Waals surface area contributed by atoms with E-state index in [9.17, 15) is 9.59 Å². The number of hydrogen-bond acceptors (Lipinski definition) is 9. The molecule has 5 aromatic rings. The number of carbonyl (C=O) groups is 2. The van der Waals surface area contributed by atoms with Crippen LogP contribution in [0.1, 0.15) is 33.7 Å². The second kappa shape index (κ2) is 13.3. The van der Waals surface area contributed by atoms with Crippen LogP contribution in [0.3, 0.4) is 0 Å². The van der Waals surface area contributed by atoms with Gasteiger partial charge >= 0.3 is 5.97 Å². The molecule has 13 heteroatoms. The number of thiazole rings is 1. The normalized spacial score (nSPS) is 15.6. The van der Waals surface area contributed by atoms with Gasteiger partial charge in [0.2, 0.25) is 5.91 Å². The molecule has 0 fully saturated rings. The molecule has 0 bridgehead atoms. The number of amides is 1. The molecule has 0 aliphatic carbocycles. The largest absolute Gasteiger partial charge is 0.482 e. The minimum absolute atomic E-state index is 0.0828. The Bertz CT molecular complexity index is 1840. The van der Waals surface area contributed by atoms with Crippen LogP contribution in [-0.4, -0.2) is 38.5 Å². The summed E-state index contributed by atoms with van der Waals surface area (Å²) < 4.78 is 27.0. The van der Waals surface area contributed by atoms with Crippen LogP contribution < -0.4 is 20.1 Å². The first-order valence-corrected chi connectivity index (χ1v) is 15.7. The predicted molar refractivity (Wildman–Crippen MR) is 174 cm³/mol. The Morgan fingerprint density at radius 1 is 1.04 bits per heavy atom. The first-order chi connectivity index (χ1) is 21.8. The zero-order valence-corrected chi connectivity index (χ0v) is 26.5. The number of carbonyl (C=O) groups excluding carboxylic acids is 1. The maximum atomic E-state index is 15.4. The number of carboxylic acid groups (broad SMARTS) is 1. The van der Waals surface area contributed by atoms with Gasteiger partial charge in [-0.15, -0.1) is 11.3 Å². The quantitative estimate of drug-likeness (QED) is 0.0827. The molecule has 0 saturated heterocycles. The lowest BCUT2D eigenvalue weighted by Gasteiger charge is -2.35. The molecule has 3 heterocycles. The van der Waals surface area contributed by atoms with Gasteiger partial charge in [0.05, 0.1) is 12.0 Å². The number of rotatable bonds is 10. The highest BCUT2D eigenvalue weighted by Gasteiger charge is 2.37. The summed E-state index contributed by atoms with van der Waals surface area (Å²) in [4.78, 5) is 36.8. The van der Waals surface area contributed by atoms with Crippen molar-refractivity contribution in [2.75, 3.05) is 11.9 Å². The Labute approximate surface area is 274 Å². The second-order valence-electron chi connectivity index (χ2n) is 10.1. The Hall–Kier alpha value is -4.47. The smallest absolute Gasteiger partial charge is 0.335 e. The van der Waals surface area contributed by atoms with Crippen LogP contribution >= 0.6 is 33.9 Å². The van der Waals surface area contributed by atoms with E-state index < -0.39 is 15.3 Å². The lowest BCUT2D eigenvalue weighted by molar-refractivity contribution is -0.116. The van der Waals surface area contributed by atoms with E-state index in [1.807, 2.05) is 12.1 Å². The lowest BCUT2D eigenvalue weighted by atomic mass is 9.91. The summed E-state index contributed by atoms with van der Waals surface area (Å²) in [5.41, 5.74) is 2.76. The van der Waals surface area contributed by atoms with Crippen molar-refractivity contribution >= 4 is 50.9 Å². The lowest BCUT2D eigenvalue weighted by Crippen LogP contribution is -2.44. The van der Waals surface area contributed by atoms with Gasteiger partial charge in [-0.2, -0.15) is 0 Å². The molecular weight excluding hydrogens is 712 g/mol. The topological polar surface area (TPSA) is 136 Å². The Morgan fingerprint density at radius 2 is 1.84 bits per heavy atom. The number of hydrogen-bond donors (Lipinski definition) is 3. The van der Waals surface area contributed by atoms with Crippen LogP contribution in [-0.2, 0) is 21.4 Å². The summed E-state index contributed by atoms with van der Waals surface area (Å²) in [7, 11) is 0. The molecule has 1 amide bonds. The van der Waals surface area contributed by atoms with Crippen LogP contribution in [0.4, 0.5) is 9.52 Å². The number of anilines is 1. The summed E-state index contributed by atoms with van der Waals surface area (Å²) >= 11 is 3.59. The van der Waals surface area contributed by atoms with E-state index in [1.165, 1.54) is 29.5 Å². The molecule has 228 valence electrons. The van der Waals surface area contributed by atoms with Crippen molar-refractivity contribution in [3.05, 3.63) is 113 Å². The number of aromatic nitrogens is 3. The molecule has 1 aliphatic rings. The number of aromatic carboxylic acids is 1. The van der Waals surface area contributed by atoms with Gasteiger partial charge in [0.25, 0.3) is 0 Å². The summed E-state index contributed by atoms with van der Waals surface area (Å²) in [6.07, 6.45) is 5.70. The average Bonchev–Trinajstić information content (AvgIpc) is 3.54. The molecule has 0 spiro atoms. The van der Waals surface area contributed by atoms with Gasteiger partial charge in [0.1, 0.15) is 21.7 Å². The van der Waals surface area contributed by atoms with Gasteiger partial charge in [-0.3, -0.25) is 10.1 Å². The van der Waals surface area contributed by atoms with E-state index in [-0.39, 0.29) is 30.2 Å². The van der Waals surface area contributed by atoms with Crippen molar-refractivity contribution in [3.8, 4) is 28.4 Å². The number of alkyl halides is 1. The van der Waals surface area contributed by atoms with Gasteiger partial charge in [0, 0.05) is 42.1 Å². The highest BCUT2D eigenvalue weighted by atomic mass is 127. The summed E-state index contributed by atoms with van der Waals surface area (Å²) in [5, 5.41) is 17.8. The number of carboxylic acids is 1. The average molecular weight is 738 g/mol. The molecule has 0 saturated carbocycles. The van der Waals surface area contributed by atoms with E-state index in [4.69, 9.17) is 14.6 Å². The fourth-order valence-electron chi connectivity index (χ4n) is 4.95. The van der Waals surface area contributed by atoms with Crippen molar-refractivity contribution < 1.29 is 28.6 Å². The number of halogens is 2. The van der Waals surface area contributed by atoms with Crippen LogP contribution in [0.15, 0.2) is 84.6 Å². The standard InChI is InChI=1S/C32H25FIN5O5S/c33-25-15-22(6-7-23(25)19-2-4-20(5-3-19)30(41)42)44-27-16-24-21(14-26(27)43-18-28-35-9-1-10-36-28)8-11-38-32(24,34)17-29(40)39-31-37-12-13-45-31/h1-7,9-10,12-16,38H,8,11,17-18H2,(H,41,42)(H,37,39,40)/t32-/m1/s1. The number of ether oxygens (including phenoxy) is 2. The number of nitrogens with one attached hydrogen (secondary N) is 2. The minimum Gasteiger partial charge on any atom is -0.482 e. The molecule has 3 aromatic carbocycles. The molecule has 0 unspecified atom stereocenters. The number of nitrogens with zero attached hydrogens (tertiary/aromatic N) is 3. The third-order valence-electron chi connectivity index (χ3n) is 7.07. The maximum absolute atomic E-state index is 15.4. The van der Waals surface area contributed by atoms with E-state index in [0.717, 1.165) is 11.1 Å². The first kappa shape index (κ1) is 30.6. The zero-order chi connectivity index (χ0) is 31.4. The number of fused-ring (bicyclic) bond motifs is 1. The van der Waals surface area contributed by atoms with E-state index in [2.05, 4.69) is 48.2 Å². The van der Waals surface area contributed by atoms with Crippen LogP contribution in [0.25, 0.3) is 11.1 Å². The third kappa shape index (κ3) is 7.10. The van der Waals surface area contributed by atoms with Crippen molar-refractivity contribution in [1.82, 2.24) is 20.3 Å². The fourth-order valence-corrected chi connectivity index (χ4v) is 6.61. The maximum Gasteiger partial charge on any atom is 0.335 e. The molecule has 1 atom stereocenters. The second-order valence-corrected chi connectivity index (χ2v) is 12.8. The van der Waals surface area contributed by atoms with Gasteiger partial charge in [-0.1, -0.05) is 34.7 Å². The molecule has 1 aliphatic heterocycles. The Balaban J connectivity index is 1.31. The van der Waals surface area contributed by atoms with Gasteiger partial charge in [0.15, 0.2) is 22.5 Å². The van der Waals surface area contributed by atoms with Crippen LogP contribution in [0, 0.1) is 5.82 Å². The highest BCUT2D eigenvalue weighted by Crippen LogP contribution is 2.44. The molecule has 2 aromatic heterocycles. The van der Waals surface area contributed by atoms with Crippen LogP contribution in [0.5, 0.6) is 17.2 Å². The summed E-state index contributed by atoms with van der Waals surface area (Å²) in [6, 6.07) is 15.9. The molecular formula is C32H25FIN5O5S. The highest BCUT2D eigenvalue weighted by molar-refractivity contribution is 14.1. The molecule has 0 radical (unpaired) electrons. The fraction of sp³-hybridized carbons (Fsp3) is 0.156. The van der Waals surface area contributed by atoms with Crippen molar-refractivity contribution in [2.24, 2.45) is 0 Å². The van der Waals surface area contributed by atoms with Crippen LogP contribution in [0.2, 0.25) is 0 Å². The molecule has 45 heavy (non-hydrogen) atoms.